The maximum Gasteiger partial charge on any atom is 0.341 e. The second-order valence-electron chi connectivity index (χ2n) is 6.94. The molecule has 1 amide bonds. The second kappa shape index (κ2) is 10.1. The Morgan fingerprint density at radius 2 is 1.89 bits per heavy atom. The van der Waals surface area contributed by atoms with Crippen molar-refractivity contribution >= 4 is 40.0 Å². The number of thioether (sulfide) groups is 1. The van der Waals surface area contributed by atoms with Crippen molar-refractivity contribution in [2.24, 2.45) is 0 Å². The highest BCUT2D eigenvalue weighted by Crippen LogP contribution is 2.37. The number of fused-ring (bicyclic) bond motifs is 1. The lowest BCUT2D eigenvalue weighted by Gasteiger charge is -2.11. The van der Waals surface area contributed by atoms with Gasteiger partial charge in [-0.1, -0.05) is 31.0 Å². The molecule has 6 heteroatoms. The smallest absolute Gasteiger partial charge is 0.341 e. The summed E-state index contributed by atoms with van der Waals surface area (Å²) in [6, 6.07) is 8.03. The van der Waals surface area contributed by atoms with Crippen LogP contribution in [0, 0.1) is 6.92 Å². The molecule has 0 saturated carbocycles. The third-order valence-corrected chi connectivity index (χ3v) is 7.24. The van der Waals surface area contributed by atoms with Gasteiger partial charge in [-0.3, -0.25) is 4.79 Å². The summed E-state index contributed by atoms with van der Waals surface area (Å²) in [5.74, 6) is -0.0918. The van der Waals surface area contributed by atoms with Gasteiger partial charge in [-0.05, 0) is 56.7 Å². The van der Waals surface area contributed by atoms with Crippen LogP contribution in [0.1, 0.15) is 59.0 Å². The van der Waals surface area contributed by atoms with Crippen LogP contribution >= 0.6 is 23.1 Å². The molecule has 1 aliphatic rings. The lowest BCUT2D eigenvalue weighted by molar-refractivity contribution is -0.113. The SMILES string of the molecule is CCOC(=O)c1c(NC(=O)CSc2ccccc2C)sc2c1CCCCCC2. The maximum absolute atomic E-state index is 12.6. The number of benzene rings is 1. The maximum atomic E-state index is 12.6. The van der Waals surface area contributed by atoms with Gasteiger partial charge in [-0.15, -0.1) is 23.1 Å². The van der Waals surface area contributed by atoms with Gasteiger partial charge in [0.05, 0.1) is 17.9 Å². The van der Waals surface area contributed by atoms with E-state index in [4.69, 9.17) is 4.74 Å². The number of ether oxygens (including phenoxy) is 1. The molecule has 0 fully saturated rings. The van der Waals surface area contributed by atoms with Crippen LogP contribution in [0.3, 0.4) is 0 Å². The Bertz CT molecular complexity index is 844. The zero-order chi connectivity index (χ0) is 19.9. The number of amides is 1. The van der Waals surface area contributed by atoms with E-state index < -0.39 is 0 Å². The number of hydrogen-bond donors (Lipinski definition) is 1. The minimum atomic E-state index is -0.317. The van der Waals surface area contributed by atoms with Crippen LogP contribution in [0.25, 0.3) is 0 Å². The Morgan fingerprint density at radius 1 is 1.14 bits per heavy atom. The van der Waals surface area contributed by atoms with Crippen LogP contribution < -0.4 is 5.32 Å². The first-order chi connectivity index (χ1) is 13.6. The number of esters is 1. The van der Waals surface area contributed by atoms with E-state index in [9.17, 15) is 9.59 Å². The van der Waals surface area contributed by atoms with Gasteiger partial charge in [-0.2, -0.15) is 0 Å². The highest BCUT2D eigenvalue weighted by molar-refractivity contribution is 8.00. The van der Waals surface area contributed by atoms with Gasteiger partial charge in [0.2, 0.25) is 5.91 Å². The molecule has 0 radical (unpaired) electrons. The number of rotatable bonds is 6. The van der Waals surface area contributed by atoms with Crippen molar-refractivity contribution in [1.82, 2.24) is 0 Å². The Kier molecular flexibility index (Phi) is 7.57. The van der Waals surface area contributed by atoms with E-state index in [0.717, 1.165) is 41.7 Å². The molecule has 0 bridgehead atoms. The Labute approximate surface area is 175 Å². The molecule has 1 aromatic heterocycles. The average molecular weight is 418 g/mol. The largest absolute Gasteiger partial charge is 0.462 e. The zero-order valence-corrected chi connectivity index (χ0v) is 18.1. The molecule has 1 aromatic carbocycles. The van der Waals surface area contributed by atoms with Crippen LogP contribution in [0.15, 0.2) is 29.2 Å². The lowest BCUT2D eigenvalue weighted by atomic mass is 9.96. The van der Waals surface area contributed by atoms with Crippen molar-refractivity contribution in [1.29, 1.82) is 0 Å². The van der Waals surface area contributed by atoms with Gasteiger partial charge in [0.1, 0.15) is 5.00 Å². The number of carbonyl (C=O) groups is 2. The number of anilines is 1. The first kappa shape index (κ1) is 20.9. The lowest BCUT2D eigenvalue weighted by Crippen LogP contribution is -2.17. The molecule has 28 heavy (non-hydrogen) atoms. The fraction of sp³-hybridized carbons (Fsp3) is 0.455. The third kappa shape index (κ3) is 5.17. The molecule has 0 unspecified atom stereocenters. The standard InChI is InChI=1S/C22H27NO3S2/c1-3-26-22(25)20-16-11-6-4-5-7-13-18(16)28-21(20)23-19(24)14-27-17-12-9-8-10-15(17)2/h8-10,12H,3-7,11,13-14H2,1-2H3,(H,23,24). The summed E-state index contributed by atoms with van der Waals surface area (Å²) in [5.41, 5.74) is 2.83. The normalized spacial score (nSPS) is 13.9. The molecule has 0 aliphatic heterocycles. The van der Waals surface area contributed by atoms with E-state index >= 15 is 0 Å². The third-order valence-electron chi connectivity index (χ3n) is 4.86. The number of aryl methyl sites for hydroxylation is 2. The zero-order valence-electron chi connectivity index (χ0n) is 16.5. The highest BCUT2D eigenvalue weighted by Gasteiger charge is 2.26. The Hall–Kier alpha value is -1.79. The molecule has 150 valence electrons. The van der Waals surface area contributed by atoms with Crippen LogP contribution in [-0.4, -0.2) is 24.2 Å². The van der Waals surface area contributed by atoms with E-state index in [0.29, 0.717) is 22.9 Å². The van der Waals surface area contributed by atoms with Crippen molar-refractivity contribution in [3.8, 4) is 0 Å². The Balaban J connectivity index is 1.77. The van der Waals surface area contributed by atoms with E-state index in [1.165, 1.54) is 29.5 Å². The topological polar surface area (TPSA) is 55.4 Å². The number of carbonyl (C=O) groups excluding carboxylic acids is 2. The van der Waals surface area contributed by atoms with E-state index in [2.05, 4.69) is 5.32 Å². The summed E-state index contributed by atoms with van der Waals surface area (Å²) in [7, 11) is 0. The molecule has 1 heterocycles. The molecule has 1 aliphatic carbocycles. The minimum absolute atomic E-state index is 0.0898. The van der Waals surface area contributed by atoms with Gasteiger partial charge >= 0.3 is 5.97 Å². The van der Waals surface area contributed by atoms with Gasteiger partial charge in [-0.25, -0.2) is 4.79 Å². The molecule has 0 saturated heterocycles. The van der Waals surface area contributed by atoms with Crippen LogP contribution in [-0.2, 0) is 22.4 Å². The first-order valence-corrected chi connectivity index (χ1v) is 11.7. The predicted octanol–water partition coefficient (Wildman–Crippen LogP) is 5.62. The van der Waals surface area contributed by atoms with Gasteiger partial charge in [0.15, 0.2) is 0 Å². The number of nitrogens with one attached hydrogen (secondary N) is 1. The van der Waals surface area contributed by atoms with E-state index in [-0.39, 0.29) is 11.9 Å². The molecule has 2 aromatic rings. The summed E-state index contributed by atoms with van der Waals surface area (Å²) in [6.07, 6.45) is 6.47. The molecule has 1 N–H and O–H groups in total. The summed E-state index contributed by atoms with van der Waals surface area (Å²) in [4.78, 5) is 27.6. The summed E-state index contributed by atoms with van der Waals surface area (Å²) >= 11 is 3.07. The summed E-state index contributed by atoms with van der Waals surface area (Å²) in [6.45, 7) is 4.18. The monoisotopic (exact) mass is 417 g/mol. The van der Waals surface area contributed by atoms with Gasteiger partial charge < -0.3 is 10.1 Å². The summed E-state index contributed by atoms with van der Waals surface area (Å²) in [5, 5.41) is 3.65. The molecule has 3 rings (SSSR count). The fourth-order valence-corrected chi connectivity index (χ4v) is 5.57. The molecule has 0 spiro atoms. The predicted molar refractivity (Wildman–Crippen MR) is 117 cm³/mol. The minimum Gasteiger partial charge on any atom is -0.462 e. The number of hydrogen-bond acceptors (Lipinski definition) is 5. The second-order valence-corrected chi connectivity index (χ2v) is 9.07. The van der Waals surface area contributed by atoms with Crippen molar-refractivity contribution < 1.29 is 14.3 Å². The Morgan fingerprint density at radius 3 is 2.64 bits per heavy atom. The molecule has 4 nitrogen and oxygen atoms in total. The molecular weight excluding hydrogens is 390 g/mol. The molecule has 0 atom stereocenters. The van der Waals surface area contributed by atoms with Crippen LogP contribution in [0.4, 0.5) is 5.00 Å². The van der Waals surface area contributed by atoms with E-state index in [1.54, 1.807) is 11.3 Å². The van der Waals surface area contributed by atoms with Gasteiger partial charge in [0, 0.05) is 9.77 Å². The fourth-order valence-electron chi connectivity index (χ4n) is 3.45. The van der Waals surface area contributed by atoms with Crippen LogP contribution in [0.5, 0.6) is 0 Å². The van der Waals surface area contributed by atoms with E-state index in [1.807, 2.05) is 38.1 Å². The summed E-state index contributed by atoms with van der Waals surface area (Å²) < 4.78 is 5.30. The first-order valence-electron chi connectivity index (χ1n) is 9.90. The van der Waals surface area contributed by atoms with Crippen molar-refractivity contribution in [3.63, 3.8) is 0 Å². The van der Waals surface area contributed by atoms with Crippen molar-refractivity contribution in [3.05, 3.63) is 45.8 Å². The van der Waals surface area contributed by atoms with Gasteiger partial charge in [0.25, 0.3) is 0 Å². The van der Waals surface area contributed by atoms with Crippen molar-refractivity contribution in [2.75, 3.05) is 17.7 Å². The molecular formula is C22H27NO3S2. The quantitative estimate of drug-likeness (QED) is 0.489. The number of thiophene rings is 1. The average Bonchev–Trinajstić information content (AvgIpc) is 2.97. The highest BCUT2D eigenvalue weighted by atomic mass is 32.2. The van der Waals surface area contributed by atoms with Crippen molar-refractivity contribution in [2.45, 2.75) is 57.3 Å². The van der Waals surface area contributed by atoms with Crippen LogP contribution in [0.2, 0.25) is 0 Å².